The standard InChI is InChI=1S/C19H17ClN6O2/c1-3-27-9-16-23-24-18-13-6-12(20)4-5-14(13)26-10-21-17(15(26)7-25(16)18)19-22-11(2)8-28-19/h4-6,8,10H,3,7,9H2,1-2H3. The highest BCUT2D eigenvalue weighted by molar-refractivity contribution is 6.31. The monoisotopic (exact) mass is 396 g/mol. The predicted molar refractivity (Wildman–Crippen MR) is 102 cm³/mol. The number of ether oxygens (including phenoxy) is 1. The number of benzene rings is 1. The Balaban J connectivity index is 1.75. The van der Waals surface area contributed by atoms with Crippen molar-refractivity contribution >= 4 is 11.6 Å². The summed E-state index contributed by atoms with van der Waals surface area (Å²) in [7, 11) is 0. The van der Waals surface area contributed by atoms with Crippen LogP contribution in [0.15, 0.2) is 35.2 Å². The maximum atomic E-state index is 6.29. The first kappa shape index (κ1) is 17.2. The molecule has 0 fully saturated rings. The normalized spacial score (nSPS) is 12.4. The molecule has 0 aliphatic carbocycles. The average Bonchev–Trinajstić information content (AvgIpc) is 3.38. The summed E-state index contributed by atoms with van der Waals surface area (Å²) in [5.74, 6) is 1.97. The fraction of sp³-hybridized carbons (Fsp3) is 0.263. The van der Waals surface area contributed by atoms with Gasteiger partial charge in [0, 0.05) is 17.2 Å². The quantitative estimate of drug-likeness (QED) is 0.461. The van der Waals surface area contributed by atoms with Crippen molar-refractivity contribution in [3.8, 4) is 28.7 Å². The molecule has 0 atom stereocenters. The van der Waals surface area contributed by atoms with E-state index in [4.69, 9.17) is 20.8 Å². The van der Waals surface area contributed by atoms with Crippen LogP contribution in [0, 0.1) is 6.92 Å². The van der Waals surface area contributed by atoms with E-state index >= 15 is 0 Å². The Labute approximate surface area is 165 Å². The van der Waals surface area contributed by atoms with Gasteiger partial charge < -0.3 is 13.7 Å². The first-order valence-corrected chi connectivity index (χ1v) is 9.32. The van der Waals surface area contributed by atoms with Crippen molar-refractivity contribution in [2.45, 2.75) is 27.0 Å². The number of hydrogen-bond donors (Lipinski definition) is 0. The number of aromatic nitrogens is 6. The number of aryl methyl sites for hydroxylation is 1. The average molecular weight is 397 g/mol. The molecule has 0 radical (unpaired) electrons. The highest BCUT2D eigenvalue weighted by atomic mass is 35.5. The number of nitrogens with zero attached hydrogens (tertiary/aromatic N) is 6. The zero-order valence-corrected chi connectivity index (χ0v) is 16.1. The highest BCUT2D eigenvalue weighted by Gasteiger charge is 2.27. The molecular weight excluding hydrogens is 380 g/mol. The van der Waals surface area contributed by atoms with Crippen molar-refractivity contribution in [3.05, 3.63) is 53.0 Å². The molecule has 142 valence electrons. The molecule has 0 N–H and O–H groups in total. The Morgan fingerprint density at radius 3 is 2.96 bits per heavy atom. The first-order chi connectivity index (χ1) is 13.7. The number of hydrogen-bond acceptors (Lipinski definition) is 6. The molecular formula is C19H17ClN6O2. The van der Waals surface area contributed by atoms with Crippen molar-refractivity contribution in [2.24, 2.45) is 0 Å². The number of imidazole rings is 1. The van der Waals surface area contributed by atoms with Crippen LogP contribution in [0.25, 0.3) is 28.7 Å². The van der Waals surface area contributed by atoms with Crippen molar-refractivity contribution in [2.75, 3.05) is 6.61 Å². The Hall–Kier alpha value is -2.97. The van der Waals surface area contributed by atoms with Crippen molar-refractivity contribution in [1.29, 1.82) is 0 Å². The molecule has 0 unspecified atom stereocenters. The van der Waals surface area contributed by atoms with Gasteiger partial charge in [0.1, 0.15) is 24.9 Å². The Bertz CT molecular complexity index is 1180. The molecule has 3 aromatic heterocycles. The lowest BCUT2D eigenvalue weighted by molar-refractivity contribution is 0.125. The lowest BCUT2D eigenvalue weighted by atomic mass is 10.1. The predicted octanol–water partition coefficient (Wildman–Crippen LogP) is 3.65. The van der Waals surface area contributed by atoms with Gasteiger partial charge in [-0.25, -0.2) is 9.97 Å². The molecule has 4 heterocycles. The molecule has 1 aliphatic heterocycles. The third kappa shape index (κ3) is 2.64. The minimum atomic E-state index is 0.376. The van der Waals surface area contributed by atoms with Gasteiger partial charge in [-0.1, -0.05) is 11.6 Å². The second-order valence-electron chi connectivity index (χ2n) is 6.53. The Morgan fingerprint density at radius 1 is 1.29 bits per heavy atom. The van der Waals surface area contributed by atoms with Crippen LogP contribution in [0.2, 0.25) is 5.02 Å². The summed E-state index contributed by atoms with van der Waals surface area (Å²) in [5.41, 5.74) is 4.24. The van der Waals surface area contributed by atoms with Gasteiger partial charge in [-0.15, -0.1) is 10.2 Å². The fourth-order valence-corrected chi connectivity index (χ4v) is 3.59. The Kier molecular flexibility index (Phi) is 4.03. The van der Waals surface area contributed by atoms with Crippen LogP contribution in [0.5, 0.6) is 0 Å². The molecule has 5 rings (SSSR count). The summed E-state index contributed by atoms with van der Waals surface area (Å²) in [6.07, 6.45) is 3.40. The van der Waals surface area contributed by atoms with Gasteiger partial charge in [-0.3, -0.25) is 4.57 Å². The summed E-state index contributed by atoms with van der Waals surface area (Å²) in [6.45, 7) is 5.32. The van der Waals surface area contributed by atoms with E-state index in [0.717, 1.165) is 34.3 Å². The van der Waals surface area contributed by atoms with Crippen LogP contribution in [0.1, 0.15) is 24.1 Å². The zero-order valence-electron chi connectivity index (χ0n) is 15.4. The van der Waals surface area contributed by atoms with Crippen LogP contribution in [-0.4, -0.2) is 35.9 Å². The lowest BCUT2D eigenvalue weighted by Crippen LogP contribution is -2.09. The molecule has 28 heavy (non-hydrogen) atoms. The van der Waals surface area contributed by atoms with Crippen molar-refractivity contribution in [3.63, 3.8) is 0 Å². The molecule has 8 nitrogen and oxygen atoms in total. The largest absolute Gasteiger partial charge is 0.443 e. The lowest BCUT2D eigenvalue weighted by Gasteiger charge is -2.09. The van der Waals surface area contributed by atoms with Crippen LogP contribution in [0.4, 0.5) is 0 Å². The van der Waals surface area contributed by atoms with E-state index < -0.39 is 0 Å². The molecule has 9 heteroatoms. The van der Waals surface area contributed by atoms with E-state index in [1.165, 1.54) is 0 Å². The maximum Gasteiger partial charge on any atom is 0.247 e. The third-order valence-corrected chi connectivity index (χ3v) is 4.95. The zero-order chi connectivity index (χ0) is 19.3. The molecule has 0 bridgehead atoms. The van der Waals surface area contributed by atoms with Gasteiger partial charge in [-0.05, 0) is 32.0 Å². The van der Waals surface area contributed by atoms with Gasteiger partial charge >= 0.3 is 0 Å². The smallest absolute Gasteiger partial charge is 0.247 e. The second kappa shape index (κ2) is 6.57. The Morgan fingerprint density at radius 2 is 2.18 bits per heavy atom. The van der Waals surface area contributed by atoms with Gasteiger partial charge in [-0.2, -0.15) is 0 Å². The molecule has 0 saturated carbocycles. The SMILES string of the molecule is CCOCc1nnc2n1Cc1c(-c3nc(C)co3)ncn1-c1ccc(Cl)cc1-2. The molecule has 1 aliphatic rings. The van der Waals surface area contributed by atoms with Crippen LogP contribution >= 0.6 is 11.6 Å². The van der Waals surface area contributed by atoms with E-state index in [9.17, 15) is 0 Å². The van der Waals surface area contributed by atoms with Gasteiger partial charge in [0.25, 0.3) is 0 Å². The third-order valence-electron chi connectivity index (χ3n) is 4.72. The molecule has 1 aromatic carbocycles. The molecule has 0 spiro atoms. The summed E-state index contributed by atoms with van der Waals surface area (Å²) in [5, 5.41) is 9.40. The molecule has 0 amide bonds. The summed E-state index contributed by atoms with van der Waals surface area (Å²) < 4.78 is 15.3. The highest BCUT2D eigenvalue weighted by Crippen LogP contribution is 2.36. The second-order valence-corrected chi connectivity index (χ2v) is 6.96. The van der Waals surface area contributed by atoms with E-state index in [1.807, 2.05) is 41.2 Å². The van der Waals surface area contributed by atoms with Crippen LogP contribution in [-0.2, 0) is 17.9 Å². The van der Waals surface area contributed by atoms with E-state index in [-0.39, 0.29) is 0 Å². The number of oxazole rings is 1. The summed E-state index contributed by atoms with van der Waals surface area (Å²) in [4.78, 5) is 9.03. The van der Waals surface area contributed by atoms with Gasteiger partial charge in [0.2, 0.25) is 5.89 Å². The number of rotatable bonds is 4. The fourth-order valence-electron chi connectivity index (χ4n) is 3.42. The first-order valence-electron chi connectivity index (χ1n) is 8.94. The van der Waals surface area contributed by atoms with Crippen molar-refractivity contribution in [1.82, 2.24) is 29.3 Å². The summed E-state index contributed by atoms with van der Waals surface area (Å²) in [6, 6.07) is 5.71. The minimum Gasteiger partial charge on any atom is -0.443 e. The van der Waals surface area contributed by atoms with E-state index in [2.05, 4.69) is 20.2 Å². The number of fused-ring (bicyclic) bond motifs is 5. The van der Waals surface area contributed by atoms with E-state index in [1.54, 1.807) is 12.6 Å². The van der Waals surface area contributed by atoms with Crippen LogP contribution in [0.3, 0.4) is 0 Å². The molecule has 0 saturated heterocycles. The minimum absolute atomic E-state index is 0.376. The van der Waals surface area contributed by atoms with E-state index in [0.29, 0.717) is 36.4 Å². The topological polar surface area (TPSA) is 83.8 Å². The molecule has 4 aromatic rings. The van der Waals surface area contributed by atoms with Gasteiger partial charge in [0.05, 0.1) is 23.6 Å². The maximum absolute atomic E-state index is 6.29. The van der Waals surface area contributed by atoms with Crippen molar-refractivity contribution < 1.29 is 9.15 Å². The number of halogens is 1. The summed E-state index contributed by atoms with van der Waals surface area (Å²) >= 11 is 6.29. The van der Waals surface area contributed by atoms with Crippen LogP contribution < -0.4 is 0 Å². The van der Waals surface area contributed by atoms with Gasteiger partial charge in [0.15, 0.2) is 11.6 Å².